The minimum atomic E-state index is -0.845. The first-order valence-electron chi connectivity index (χ1n) is 12.9. The Bertz CT molecular complexity index is 1230. The van der Waals surface area contributed by atoms with Crippen LogP contribution in [0.5, 0.6) is 11.6 Å². The van der Waals surface area contributed by atoms with Crippen molar-refractivity contribution >= 4 is 23.4 Å². The zero-order valence-electron chi connectivity index (χ0n) is 21.1. The van der Waals surface area contributed by atoms with Crippen LogP contribution in [0.4, 0.5) is 0 Å². The van der Waals surface area contributed by atoms with Crippen LogP contribution < -0.4 is 10.1 Å². The molecule has 2 heterocycles. The van der Waals surface area contributed by atoms with Crippen LogP contribution in [0.3, 0.4) is 0 Å². The fourth-order valence-corrected chi connectivity index (χ4v) is 4.63. The number of hydrogen-bond acceptors (Lipinski definition) is 6. The third-order valence-electron chi connectivity index (χ3n) is 6.73. The number of halogens is 1. The lowest BCUT2D eigenvalue weighted by Crippen LogP contribution is -2.56. The van der Waals surface area contributed by atoms with Crippen LogP contribution in [0.2, 0.25) is 5.02 Å². The SMILES string of the molecule is O=C(NC(COCc1ccccc1)C(=O)N1CCN(C2CC2)CC1)c1cccnc1Oc1ccc(Cl)cc1. The maximum absolute atomic E-state index is 13.6. The van der Waals surface area contributed by atoms with Crippen molar-refractivity contribution in [2.24, 2.45) is 0 Å². The van der Waals surface area contributed by atoms with Gasteiger partial charge < -0.3 is 19.7 Å². The van der Waals surface area contributed by atoms with Crippen molar-refractivity contribution in [3.8, 4) is 11.6 Å². The molecule has 5 rings (SSSR count). The Kier molecular flexibility index (Phi) is 8.53. The minimum Gasteiger partial charge on any atom is -0.438 e. The Morgan fingerprint density at radius 3 is 2.42 bits per heavy atom. The largest absolute Gasteiger partial charge is 0.438 e. The number of carbonyl (C=O) groups is 2. The van der Waals surface area contributed by atoms with Crippen molar-refractivity contribution in [2.75, 3.05) is 32.8 Å². The quantitative estimate of drug-likeness (QED) is 0.421. The first-order chi connectivity index (χ1) is 18.6. The Morgan fingerprint density at radius 2 is 1.71 bits per heavy atom. The highest BCUT2D eigenvalue weighted by Gasteiger charge is 2.34. The van der Waals surface area contributed by atoms with E-state index in [1.165, 1.54) is 12.8 Å². The Balaban J connectivity index is 1.28. The molecule has 38 heavy (non-hydrogen) atoms. The number of amides is 2. The van der Waals surface area contributed by atoms with Crippen molar-refractivity contribution < 1.29 is 19.1 Å². The summed E-state index contributed by atoms with van der Waals surface area (Å²) in [5, 5.41) is 3.46. The van der Waals surface area contributed by atoms with Gasteiger partial charge in [-0.1, -0.05) is 41.9 Å². The van der Waals surface area contributed by atoms with Gasteiger partial charge in [-0.2, -0.15) is 0 Å². The molecule has 1 unspecified atom stereocenters. The summed E-state index contributed by atoms with van der Waals surface area (Å²) in [4.78, 5) is 35.5. The molecule has 0 bridgehead atoms. The summed E-state index contributed by atoms with van der Waals surface area (Å²) in [6.45, 7) is 3.37. The second-order valence-corrected chi connectivity index (χ2v) is 9.97. The van der Waals surface area contributed by atoms with Gasteiger partial charge in [-0.15, -0.1) is 0 Å². The minimum absolute atomic E-state index is 0.0515. The van der Waals surface area contributed by atoms with Gasteiger partial charge in [0.2, 0.25) is 11.8 Å². The fraction of sp³-hybridized carbons (Fsp3) is 0.345. The van der Waals surface area contributed by atoms with Gasteiger partial charge >= 0.3 is 0 Å². The van der Waals surface area contributed by atoms with Gasteiger partial charge in [0.05, 0.1) is 13.2 Å². The lowest BCUT2D eigenvalue weighted by atomic mass is 10.2. The molecule has 0 radical (unpaired) electrons. The molecule has 2 aromatic carbocycles. The van der Waals surface area contributed by atoms with E-state index in [2.05, 4.69) is 15.2 Å². The van der Waals surface area contributed by atoms with E-state index in [1.807, 2.05) is 35.2 Å². The molecule has 8 nitrogen and oxygen atoms in total. The van der Waals surface area contributed by atoms with E-state index in [1.54, 1.807) is 42.6 Å². The van der Waals surface area contributed by atoms with Crippen LogP contribution in [0, 0.1) is 0 Å². The molecule has 1 aliphatic carbocycles. The molecule has 1 saturated heterocycles. The highest BCUT2D eigenvalue weighted by atomic mass is 35.5. The monoisotopic (exact) mass is 534 g/mol. The zero-order chi connectivity index (χ0) is 26.3. The van der Waals surface area contributed by atoms with Gasteiger partial charge in [-0.25, -0.2) is 4.98 Å². The van der Waals surface area contributed by atoms with Crippen LogP contribution in [0.1, 0.15) is 28.8 Å². The molecule has 2 aliphatic rings. The number of rotatable bonds is 10. The van der Waals surface area contributed by atoms with Crippen LogP contribution in [0.15, 0.2) is 72.9 Å². The van der Waals surface area contributed by atoms with Gasteiger partial charge in [-0.3, -0.25) is 14.5 Å². The average molecular weight is 535 g/mol. The van der Waals surface area contributed by atoms with Gasteiger partial charge in [0.25, 0.3) is 5.91 Å². The number of benzene rings is 2. The van der Waals surface area contributed by atoms with Crippen molar-refractivity contribution in [1.29, 1.82) is 0 Å². The first kappa shape index (κ1) is 26.2. The predicted molar refractivity (Wildman–Crippen MR) is 144 cm³/mol. The highest BCUT2D eigenvalue weighted by molar-refractivity contribution is 6.30. The van der Waals surface area contributed by atoms with Crippen LogP contribution in [0.25, 0.3) is 0 Å². The summed E-state index contributed by atoms with van der Waals surface area (Å²) >= 11 is 5.97. The number of nitrogens with zero attached hydrogens (tertiary/aromatic N) is 3. The molecule has 1 N–H and O–H groups in total. The van der Waals surface area contributed by atoms with Crippen LogP contribution >= 0.6 is 11.6 Å². The van der Waals surface area contributed by atoms with Crippen molar-refractivity contribution in [3.63, 3.8) is 0 Å². The molecule has 1 saturated carbocycles. The summed E-state index contributed by atoms with van der Waals surface area (Å²) in [7, 11) is 0. The Morgan fingerprint density at radius 1 is 0.974 bits per heavy atom. The van der Waals surface area contributed by atoms with Crippen LogP contribution in [-0.2, 0) is 16.1 Å². The zero-order valence-corrected chi connectivity index (χ0v) is 21.8. The second-order valence-electron chi connectivity index (χ2n) is 9.53. The molecule has 1 aliphatic heterocycles. The van der Waals surface area contributed by atoms with E-state index in [0.717, 1.165) is 18.7 Å². The van der Waals surface area contributed by atoms with Crippen molar-refractivity contribution in [2.45, 2.75) is 31.5 Å². The van der Waals surface area contributed by atoms with E-state index >= 15 is 0 Å². The molecule has 2 fully saturated rings. The van der Waals surface area contributed by atoms with Crippen molar-refractivity contribution in [3.05, 3.63) is 89.1 Å². The summed E-state index contributed by atoms with van der Waals surface area (Å²) in [6.07, 6.45) is 4.03. The lowest BCUT2D eigenvalue weighted by Gasteiger charge is -2.36. The van der Waals surface area contributed by atoms with E-state index in [0.29, 0.717) is 36.5 Å². The van der Waals surface area contributed by atoms with E-state index < -0.39 is 11.9 Å². The molecular weight excluding hydrogens is 504 g/mol. The number of carbonyl (C=O) groups excluding carboxylic acids is 2. The standard InChI is InChI=1S/C29H31ClN4O4/c30-22-8-12-24(13-9-22)38-28-25(7-4-14-31-28)27(35)32-26(20-37-19-21-5-2-1-3-6-21)29(36)34-17-15-33(16-18-34)23-10-11-23/h1-9,12-14,23,26H,10-11,15-20H2,(H,32,35). The van der Waals surface area contributed by atoms with E-state index in [9.17, 15) is 9.59 Å². The number of hydrogen-bond donors (Lipinski definition) is 1. The molecule has 3 aromatic rings. The average Bonchev–Trinajstić information content (AvgIpc) is 3.80. The maximum atomic E-state index is 13.6. The van der Waals surface area contributed by atoms with Crippen molar-refractivity contribution in [1.82, 2.24) is 20.1 Å². The molecular formula is C29H31ClN4O4. The number of nitrogens with one attached hydrogen (secondary N) is 1. The van der Waals surface area contributed by atoms with Gasteiger partial charge in [-0.05, 0) is 54.8 Å². The Hall–Kier alpha value is -3.46. The normalized spacial score (nSPS) is 16.6. The summed E-state index contributed by atoms with van der Waals surface area (Å²) in [5.74, 6) is 0.0301. The molecule has 198 valence electrons. The summed E-state index contributed by atoms with van der Waals surface area (Å²) in [5.41, 5.74) is 1.22. The molecule has 9 heteroatoms. The molecule has 1 atom stereocenters. The van der Waals surface area contributed by atoms with E-state index in [4.69, 9.17) is 21.1 Å². The summed E-state index contributed by atoms with van der Waals surface area (Å²) < 4.78 is 11.8. The first-order valence-corrected chi connectivity index (χ1v) is 13.3. The molecule has 1 aromatic heterocycles. The van der Waals surface area contributed by atoms with E-state index in [-0.39, 0.29) is 24.0 Å². The fourth-order valence-electron chi connectivity index (χ4n) is 4.51. The number of ether oxygens (including phenoxy) is 2. The number of aromatic nitrogens is 1. The predicted octanol–water partition coefficient (Wildman–Crippen LogP) is 4.15. The third kappa shape index (κ3) is 6.89. The number of piperazine rings is 1. The smallest absolute Gasteiger partial charge is 0.257 e. The van der Waals surface area contributed by atoms with Gasteiger partial charge in [0.1, 0.15) is 17.4 Å². The number of pyridine rings is 1. The highest BCUT2D eigenvalue weighted by Crippen LogP contribution is 2.28. The third-order valence-corrected chi connectivity index (χ3v) is 6.98. The molecule has 2 amide bonds. The summed E-state index contributed by atoms with van der Waals surface area (Å²) in [6, 6.07) is 19.6. The van der Waals surface area contributed by atoms with Gasteiger partial charge in [0, 0.05) is 43.4 Å². The second kappa shape index (κ2) is 12.4. The topological polar surface area (TPSA) is 84.0 Å². The van der Waals surface area contributed by atoms with Gasteiger partial charge in [0.15, 0.2) is 0 Å². The lowest BCUT2D eigenvalue weighted by molar-refractivity contribution is -0.136. The maximum Gasteiger partial charge on any atom is 0.257 e. The van der Waals surface area contributed by atoms with Crippen LogP contribution in [-0.4, -0.2) is 71.5 Å². The molecule has 0 spiro atoms. The Labute approximate surface area is 227 Å².